The van der Waals surface area contributed by atoms with Crippen molar-refractivity contribution in [3.8, 4) is 11.5 Å². The summed E-state index contributed by atoms with van der Waals surface area (Å²) in [5.41, 5.74) is 2.63. The topological polar surface area (TPSA) is 65.4 Å². The first-order valence-corrected chi connectivity index (χ1v) is 9.01. The summed E-state index contributed by atoms with van der Waals surface area (Å²) in [4.78, 5) is 17.2. The predicted octanol–water partition coefficient (Wildman–Crippen LogP) is 3.61. The highest BCUT2D eigenvalue weighted by atomic mass is 16.5. The van der Waals surface area contributed by atoms with Crippen molar-refractivity contribution in [1.82, 2.24) is 14.9 Å². The molecule has 3 aromatic rings. The van der Waals surface area contributed by atoms with Crippen LogP contribution >= 0.6 is 0 Å². The maximum Gasteiger partial charge on any atom is 0.251 e. The summed E-state index contributed by atoms with van der Waals surface area (Å²) in [5, 5.41) is 2.96. The van der Waals surface area contributed by atoms with Crippen molar-refractivity contribution in [1.29, 1.82) is 0 Å². The van der Waals surface area contributed by atoms with E-state index in [9.17, 15) is 4.79 Å². The summed E-state index contributed by atoms with van der Waals surface area (Å²) in [7, 11) is 3.12. The third kappa shape index (κ3) is 3.89. The van der Waals surface area contributed by atoms with Crippen LogP contribution in [0.5, 0.6) is 11.5 Å². The van der Waals surface area contributed by atoms with E-state index in [-0.39, 0.29) is 5.91 Å². The van der Waals surface area contributed by atoms with Gasteiger partial charge in [-0.2, -0.15) is 0 Å². The normalized spacial score (nSPS) is 11.0. The molecule has 3 rings (SSSR count). The minimum atomic E-state index is -0.150. The number of hydrogen-bond acceptors (Lipinski definition) is 4. The molecule has 0 aliphatic heterocycles. The lowest BCUT2D eigenvalue weighted by Crippen LogP contribution is -2.26. The number of para-hydroxylation sites is 2. The van der Waals surface area contributed by atoms with Crippen LogP contribution in [0.25, 0.3) is 11.0 Å². The smallest absolute Gasteiger partial charge is 0.251 e. The summed E-state index contributed by atoms with van der Waals surface area (Å²) in [5.74, 6) is 1.95. The van der Waals surface area contributed by atoms with Crippen LogP contribution in [0.1, 0.15) is 36.1 Å². The van der Waals surface area contributed by atoms with Gasteiger partial charge in [-0.3, -0.25) is 4.79 Å². The number of nitrogens with one attached hydrogen (secondary N) is 1. The minimum absolute atomic E-state index is 0.150. The fourth-order valence-corrected chi connectivity index (χ4v) is 3.21. The number of fused-ring (bicyclic) bond motifs is 1. The Morgan fingerprint density at radius 2 is 1.85 bits per heavy atom. The Kier molecular flexibility index (Phi) is 5.64. The molecule has 1 heterocycles. The number of ether oxygens (including phenoxy) is 2. The Morgan fingerprint density at radius 1 is 1.11 bits per heavy atom. The van der Waals surface area contributed by atoms with Crippen molar-refractivity contribution < 1.29 is 14.3 Å². The molecule has 6 nitrogen and oxygen atoms in total. The molecule has 0 radical (unpaired) electrons. The molecule has 0 spiro atoms. The van der Waals surface area contributed by atoms with Crippen LogP contribution in [-0.4, -0.2) is 36.2 Å². The molecule has 0 atom stereocenters. The van der Waals surface area contributed by atoms with E-state index >= 15 is 0 Å². The first-order chi connectivity index (χ1) is 13.0. The third-order valence-electron chi connectivity index (χ3n) is 4.47. The lowest BCUT2D eigenvalue weighted by atomic mass is 10.2. The van der Waals surface area contributed by atoms with Gasteiger partial charge in [0.15, 0.2) is 11.5 Å². The Morgan fingerprint density at radius 3 is 2.56 bits per heavy atom. The van der Waals surface area contributed by atoms with E-state index in [1.807, 2.05) is 18.2 Å². The second-order valence-electron chi connectivity index (χ2n) is 6.56. The molecule has 0 bridgehead atoms. The predicted molar refractivity (Wildman–Crippen MR) is 106 cm³/mol. The van der Waals surface area contributed by atoms with Gasteiger partial charge in [-0.25, -0.2) is 4.98 Å². The molecule has 0 saturated carbocycles. The summed E-state index contributed by atoms with van der Waals surface area (Å²) >= 11 is 0. The van der Waals surface area contributed by atoms with Gasteiger partial charge < -0.3 is 19.4 Å². The van der Waals surface area contributed by atoms with Gasteiger partial charge in [0.05, 0.1) is 25.3 Å². The van der Waals surface area contributed by atoms with Gasteiger partial charge >= 0.3 is 0 Å². The zero-order valence-corrected chi connectivity index (χ0v) is 16.2. The van der Waals surface area contributed by atoms with E-state index in [2.05, 4.69) is 29.8 Å². The number of carbonyl (C=O) groups excluding carboxylic acids is 1. The number of nitrogens with zero attached hydrogens (tertiary/aromatic N) is 2. The van der Waals surface area contributed by atoms with Gasteiger partial charge in [0.1, 0.15) is 5.82 Å². The average Bonchev–Trinajstić information content (AvgIpc) is 3.05. The van der Waals surface area contributed by atoms with Crippen LogP contribution in [0.3, 0.4) is 0 Å². The van der Waals surface area contributed by atoms with E-state index < -0.39 is 0 Å². The number of methoxy groups -OCH3 is 2. The molecule has 0 aliphatic carbocycles. The molecule has 0 aliphatic rings. The van der Waals surface area contributed by atoms with Crippen LogP contribution in [-0.2, 0) is 6.42 Å². The molecule has 0 saturated heterocycles. The molecule has 0 unspecified atom stereocenters. The van der Waals surface area contributed by atoms with E-state index in [1.165, 1.54) is 0 Å². The van der Waals surface area contributed by atoms with Crippen molar-refractivity contribution in [2.75, 3.05) is 20.8 Å². The standard InChI is InChI=1S/C21H25N3O3/c1-14(2)24-17-8-6-5-7-16(17)23-20(24)11-12-22-21(25)15-9-10-18(26-3)19(13-15)27-4/h5-10,13-14H,11-12H2,1-4H3,(H,22,25). The lowest BCUT2D eigenvalue weighted by molar-refractivity contribution is 0.0953. The highest BCUT2D eigenvalue weighted by Gasteiger charge is 2.14. The van der Waals surface area contributed by atoms with Crippen LogP contribution in [0.15, 0.2) is 42.5 Å². The molecule has 1 aromatic heterocycles. The quantitative estimate of drug-likeness (QED) is 0.693. The van der Waals surface area contributed by atoms with Crippen molar-refractivity contribution in [3.63, 3.8) is 0 Å². The number of aromatic nitrogens is 2. The van der Waals surface area contributed by atoms with Crippen LogP contribution in [0.4, 0.5) is 0 Å². The SMILES string of the molecule is COc1ccc(C(=O)NCCc2nc3ccccc3n2C(C)C)cc1OC. The second-order valence-corrected chi connectivity index (χ2v) is 6.56. The molecule has 0 fully saturated rings. The molecule has 142 valence electrons. The maximum atomic E-state index is 12.5. The molecule has 2 aromatic carbocycles. The Balaban J connectivity index is 1.70. The van der Waals surface area contributed by atoms with Gasteiger partial charge in [0.2, 0.25) is 0 Å². The fraction of sp³-hybridized carbons (Fsp3) is 0.333. The van der Waals surface area contributed by atoms with E-state index in [1.54, 1.807) is 32.4 Å². The number of benzene rings is 2. The number of carbonyl (C=O) groups is 1. The number of rotatable bonds is 7. The number of imidazole rings is 1. The zero-order valence-electron chi connectivity index (χ0n) is 16.2. The lowest BCUT2D eigenvalue weighted by Gasteiger charge is -2.13. The monoisotopic (exact) mass is 367 g/mol. The molecule has 1 amide bonds. The van der Waals surface area contributed by atoms with Crippen molar-refractivity contribution in [2.24, 2.45) is 0 Å². The molecular weight excluding hydrogens is 342 g/mol. The van der Waals surface area contributed by atoms with Crippen LogP contribution in [0, 0.1) is 0 Å². The molecule has 1 N–H and O–H groups in total. The van der Waals surface area contributed by atoms with E-state index in [0.717, 1.165) is 16.9 Å². The van der Waals surface area contributed by atoms with Gasteiger partial charge in [0, 0.05) is 24.6 Å². The Hall–Kier alpha value is -3.02. The zero-order chi connectivity index (χ0) is 19.4. The first-order valence-electron chi connectivity index (χ1n) is 9.01. The highest BCUT2D eigenvalue weighted by molar-refractivity contribution is 5.94. The fourth-order valence-electron chi connectivity index (χ4n) is 3.21. The largest absolute Gasteiger partial charge is 0.493 e. The second kappa shape index (κ2) is 8.12. The van der Waals surface area contributed by atoms with Gasteiger partial charge in [0.25, 0.3) is 5.91 Å². The summed E-state index contributed by atoms with van der Waals surface area (Å²) < 4.78 is 12.7. The third-order valence-corrected chi connectivity index (χ3v) is 4.47. The van der Waals surface area contributed by atoms with E-state index in [4.69, 9.17) is 14.5 Å². The van der Waals surface area contributed by atoms with Crippen LogP contribution < -0.4 is 14.8 Å². The van der Waals surface area contributed by atoms with Gasteiger partial charge in [-0.1, -0.05) is 12.1 Å². The van der Waals surface area contributed by atoms with Gasteiger partial charge in [-0.15, -0.1) is 0 Å². The van der Waals surface area contributed by atoms with Gasteiger partial charge in [-0.05, 0) is 44.2 Å². The summed E-state index contributed by atoms with van der Waals surface area (Å²) in [6.07, 6.45) is 0.659. The molecular formula is C21H25N3O3. The number of hydrogen-bond donors (Lipinski definition) is 1. The van der Waals surface area contributed by atoms with Crippen molar-refractivity contribution in [2.45, 2.75) is 26.3 Å². The minimum Gasteiger partial charge on any atom is -0.493 e. The highest BCUT2D eigenvalue weighted by Crippen LogP contribution is 2.27. The van der Waals surface area contributed by atoms with Crippen molar-refractivity contribution in [3.05, 3.63) is 53.9 Å². The Labute approximate surface area is 159 Å². The Bertz CT molecular complexity index is 947. The van der Waals surface area contributed by atoms with Crippen molar-refractivity contribution >= 4 is 16.9 Å². The van der Waals surface area contributed by atoms with Crippen LogP contribution in [0.2, 0.25) is 0 Å². The molecule has 27 heavy (non-hydrogen) atoms. The maximum absolute atomic E-state index is 12.5. The van der Waals surface area contributed by atoms with E-state index in [0.29, 0.717) is 36.1 Å². The summed E-state index contributed by atoms with van der Waals surface area (Å²) in [6, 6.07) is 13.5. The number of amides is 1. The molecule has 6 heteroatoms. The average molecular weight is 367 g/mol. The summed E-state index contributed by atoms with van der Waals surface area (Å²) in [6.45, 7) is 4.78. The first kappa shape index (κ1) is 18.8.